The Kier molecular flexibility index (Phi) is 5.43. The number of rotatable bonds is 7. The number of amides is 1. The molecule has 108 valence electrons. The van der Waals surface area contributed by atoms with Gasteiger partial charge in [0.25, 0.3) is 5.91 Å². The summed E-state index contributed by atoms with van der Waals surface area (Å²) in [5.74, 6) is 0.291. The van der Waals surface area contributed by atoms with E-state index in [0.29, 0.717) is 31.9 Å². The molecule has 0 unspecified atom stereocenters. The highest BCUT2D eigenvalue weighted by Crippen LogP contribution is 1.98. The lowest BCUT2D eigenvalue weighted by Crippen LogP contribution is -2.33. The predicted molar refractivity (Wildman–Crippen MR) is 70.2 cm³/mol. The summed E-state index contributed by atoms with van der Waals surface area (Å²) < 4.78 is 24.0. The molecule has 0 atom stereocenters. The molecule has 19 heavy (non-hydrogen) atoms. The Labute approximate surface area is 112 Å². The molecule has 0 aliphatic heterocycles. The van der Waals surface area contributed by atoms with Crippen LogP contribution in [-0.2, 0) is 10.0 Å². The smallest absolute Gasteiger partial charge is 0.290 e. The van der Waals surface area contributed by atoms with Crippen LogP contribution in [0.5, 0.6) is 0 Å². The minimum absolute atomic E-state index is 0.0907. The summed E-state index contributed by atoms with van der Waals surface area (Å²) in [6.07, 6.45) is 1.71. The SMILES string of the molecule is CCN(CCCNC(=O)c1n[nH]c(C)n1)S(C)(=O)=O. The minimum atomic E-state index is -3.17. The number of hydrogen-bond acceptors (Lipinski definition) is 5. The zero-order chi connectivity index (χ0) is 14.5. The van der Waals surface area contributed by atoms with Crippen molar-refractivity contribution in [3.05, 3.63) is 11.6 Å². The molecule has 1 amide bonds. The van der Waals surface area contributed by atoms with Gasteiger partial charge in [-0.2, -0.15) is 0 Å². The fraction of sp³-hybridized carbons (Fsp3) is 0.700. The molecule has 0 aromatic carbocycles. The van der Waals surface area contributed by atoms with Crippen molar-refractivity contribution in [2.24, 2.45) is 0 Å². The van der Waals surface area contributed by atoms with Crippen LogP contribution < -0.4 is 5.32 Å². The van der Waals surface area contributed by atoms with Crippen LogP contribution in [0.2, 0.25) is 0 Å². The summed E-state index contributed by atoms with van der Waals surface area (Å²) in [4.78, 5) is 15.5. The summed E-state index contributed by atoms with van der Waals surface area (Å²) in [5, 5.41) is 8.95. The molecule has 0 radical (unpaired) electrons. The lowest BCUT2D eigenvalue weighted by molar-refractivity contribution is 0.0942. The van der Waals surface area contributed by atoms with Crippen molar-refractivity contribution < 1.29 is 13.2 Å². The number of carbonyl (C=O) groups is 1. The fourth-order valence-electron chi connectivity index (χ4n) is 1.54. The largest absolute Gasteiger partial charge is 0.349 e. The van der Waals surface area contributed by atoms with Crippen molar-refractivity contribution in [3.63, 3.8) is 0 Å². The molecule has 9 heteroatoms. The van der Waals surface area contributed by atoms with Gasteiger partial charge in [-0.25, -0.2) is 17.7 Å². The van der Waals surface area contributed by atoms with Gasteiger partial charge in [-0.15, -0.1) is 5.10 Å². The lowest BCUT2D eigenvalue weighted by atomic mass is 10.4. The number of nitrogens with zero attached hydrogens (tertiary/aromatic N) is 3. The van der Waals surface area contributed by atoms with Crippen molar-refractivity contribution in [1.82, 2.24) is 24.8 Å². The second kappa shape index (κ2) is 6.62. The predicted octanol–water partition coefficient (Wildman–Crippen LogP) is -0.485. The molecule has 0 saturated carbocycles. The summed E-state index contributed by atoms with van der Waals surface area (Å²) in [5.41, 5.74) is 0. The summed E-state index contributed by atoms with van der Waals surface area (Å²) in [6, 6.07) is 0. The Morgan fingerprint density at radius 1 is 1.47 bits per heavy atom. The van der Waals surface area contributed by atoms with E-state index in [-0.39, 0.29) is 11.7 Å². The van der Waals surface area contributed by atoms with Gasteiger partial charge in [0.15, 0.2) is 0 Å². The van der Waals surface area contributed by atoms with Crippen LogP contribution in [0.25, 0.3) is 0 Å². The normalized spacial score (nSPS) is 11.8. The second-order valence-electron chi connectivity index (χ2n) is 4.11. The Morgan fingerprint density at radius 3 is 2.63 bits per heavy atom. The molecule has 1 rings (SSSR count). The third-order valence-corrected chi connectivity index (χ3v) is 3.87. The molecule has 0 saturated heterocycles. The van der Waals surface area contributed by atoms with Crippen LogP contribution in [0, 0.1) is 6.92 Å². The number of carbonyl (C=O) groups excluding carboxylic acids is 1. The van der Waals surface area contributed by atoms with E-state index in [1.165, 1.54) is 10.6 Å². The molecule has 1 aromatic rings. The monoisotopic (exact) mass is 289 g/mol. The van der Waals surface area contributed by atoms with Gasteiger partial charge < -0.3 is 5.32 Å². The maximum Gasteiger partial charge on any atom is 0.290 e. The van der Waals surface area contributed by atoms with Crippen molar-refractivity contribution >= 4 is 15.9 Å². The second-order valence-corrected chi connectivity index (χ2v) is 6.09. The van der Waals surface area contributed by atoms with E-state index in [9.17, 15) is 13.2 Å². The number of aryl methyl sites for hydroxylation is 1. The molecular formula is C10H19N5O3S. The van der Waals surface area contributed by atoms with E-state index in [1.54, 1.807) is 13.8 Å². The zero-order valence-electron chi connectivity index (χ0n) is 11.3. The van der Waals surface area contributed by atoms with Crippen LogP contribution in [0.4, 0.5) is 0 Å². The molecule has 1 heterocycles. The molecule has 2 N–H and O–H groups in total. The summed E-state index contributed by atoms with van der Waals surface area (Å²) in [6.45, 7) is 4.65. The Hall–Kier alpha value is -1.48. The number of aromatic amines is 1. The molecule has 0 spiro atoms. The highest BCUT2D eigenvalue weighted by molar-refractivity contribution is 7.88. The summed E-state index contributed by atoms with van der Waals surface area (Å²) in [7, 11) is -3.17. The molecule has 8 nitrogen and oxygen atoms in total. The first-order valence-corrected chi connectivity index (χ1v) is 7.81. The van der Waals surface area contributed by atoms with Crippen LogP contribution in [0.3, 0.4) is 0 Å². The van der Waals surface area contributed by atoms with Gasteiger partial charge in [0, 0.05) is 19.6 Å². The van der Waals surface area contributed by atoms with Crippen molar-refractivity contribution in [1.29, 1.82) is 0 Å². The third-order valence-electron chi connectivity index (χ3n) is 2.49. The van der Waals surface area contributed by atoms with E-state index in [1.807, 2.05) is 0 Å². The van der Waals surface area contributed by atoms with Gasteiger partial charge in [-0.1, -0.05) is 6.92 Å². The van der Waals surface area contributed by atoms with E-state index in [0.717, 1.165) is 0 Å². The molecular weight excluding hydrogens is 270 g/mol. The molecule has 0 aliphatic rings. The minimum Gasteiger partial charge on any atom is -0.349 e. The highest BCUT2D eigenvalue weighted by atomic mass is 32.2. The van der Waals surface area contributed by atoms with E-state index < -0.39 is 10.0 Å². The quantitative estimate of drug-likeness (QED) is 0.659. The van der Waals surface area contributed by atoms with Crippen molar-refractivity contribution in [2.45, 2.75) is 20.3 Å². The van der Waals surface area contributed by atoms with Crippen LogP contribution >= 0.6 is 0 Å². The Morgan fingerprint density at radius 2 is 2.16 bits per heavy atom. The van der Waals surface area contributed by atoms with Crippen molar-refractivity contribution in [2.75, 3.05) is 25.9 Å². The van der Waals surface area contributed by atoms with Crippen LogP contribution in [0.1, 0.15) is 29.8 Å². The maximum atomic E-state index is 11.6. The van der Waals surface area contributed by atoms with Crippen molar-refractivity contribution in [3.8, 4) is 0 Å². The van der Waals surface area contributed by atoms with E-state index in [4.69, 9.17) is 0 Å². The van der Waals surface area contributed by atoms with Gasteiger partial charge in [-0.05, 0) is 13.3 Å². The van der Waals surface area contributed by atoms with Crippen LogP contribution in [0.15, 0.2) is 0 Å². The van der Waals surface area contributed by atoms with Gasteiger partial charge in [0.05, 0.1) is 6.26 Å². The molecule has 0 aliphatic carbocycles. The van der Waals surface area contributed by atoms with Gasteiger partial charge >= 0.3 is 0 Å². The van der Waals surface area contributed by atoms with E-state index in [2.05, 4.69) is 20.5 Å². The maximum absolute atomic E-state index is 11.6. The number of H-pyrrole nitrogens is 1. The first-order chi connectivity index (χ1) is 8.84. The van der Waals surface area contributed by atoms with Gasteiger partial charge in [0.2, 0.25) is 15.8 Å². The number of sulfonamides is 1. The average molecular weight is 289 g/mol. The number of nitrogens with one attached hydrogen (secondary N) is 2. The molecule has 1 aromatic heterocycles. The standard InChI is InChI=1S/C10H19N5O3S/c1-4-15(19(3,17)18)7-5-6-11-10(16)9-12-8(2)13-14-9/h4-7H2,1-3H3,(H,11,16)(H,12,13,14). The highest BCUT2D eigenvalue weighted by Gasteiger charge is 2.14. The van der Waals surface area contributed by atoms with Gasteiger partial charge in [-0.3, -0.25) is 9.89 Å². The fourth-order valence-corrected chi connectivity index (χ4v) is 2.47. The lowest BCUT2D eigenvalue weighted by Gasteiger charge is -2.17. The van der Waals surface area contributed by atoms with Crippen LogP contribution in [-0.4, -0.2) is 59.7 Å². The zero-order valence-corrected chi connectivity index (χ0v) is 12.1. The molecule has 0 bridgehead atoms. The molecule has 0 fully saturated rings. The topological polar surface area (TPSA) is 108 Å². The Bertz CT molecular complexity index is 525. The first kappa shape index (κ1) is 15.6. The third kappa shape index (κ3) is 4.95. The average Bonchev–Trinajstić information content (AvgIpc) is 2.74. The summed E-state index contributed by atoms with van der Waals surface area (Å²) >= 11 is 0. The Balaban J connectivity index is 2.33. The number of aromatic nitrogens is 3. The van der Waals surface area contributed by atoms with Gasteiger partial charge in [0.1, 0.15) is 5.82 Å². The first-order valence-electron chi connectivity index (χ1n) is 5.97. The number of hydrogen-bond donors (Lipinski definition) is 2. The van der Waals surface area contributed by atoms with E-state index >= 15 is 0 Å².